The first-order valence-corrected chi connectivity index (χ1v) is 13.1. The lowest BCUT2D eigenvalue weighted by molar-refractivity contribution is -0.00398. The van der Waals surface area contributed by atoms with Gasteiger partial charge in [-0.25, -0.2) is 9.79 Å². The number of likely N-dealkylation sites (tertiary alicyclic amines) is 2. The van der Waals surface area contributed by atoms with Crippen LogP contribution in [-0.2, 0) is 4.84 Å². The van der Waals surface area contributed by atoms with Gasteiger partial charge in [0.2, 0.25) is 0 Å². The van der Waals surface area contributed by atoms with Gasteiger partial charge in [0.05, 0.1) is 16.8 Å². The molecule has 6 rings (SSSR count). The molecule has 2 saturated heterocycles. The summed E-state index contributed by atoms with van der Waals surface area (Å²) < 4.78 is 0. The molecule has 2 fully saturated rings. The molecule has 4 heterocycles. The Kier molecular flexibility index (Phi) is 5.70. The molecule has 2 bridgehead atoms. The number of amides is 1. The molecule has 9 nitrogen and oxygen atoms in total. The summed E-state index contributed by atoms with van der Waals surface area (Å²) in [5.41, 5.74) is 3.31. The van der Waals surface area contributed by atoms with Crippen molar-refractivity contribution in [2.75, 3.05) is 26.2 Å². The van der Waals surface area contributed by atoms with Gasteiger partial charge in [0, 0.05) is 47.2 Å². The van der Waals surface area contributed by atoms with E-state index in [-0.39, 0.29) is 17.3 Å². The number of benzene rings is 2. The molecule has 2 atom stereocenters. The van der Waals surface area contributed by atoms with Crippen LogP contribution in [0.5, 0.6) is 5.88 Å². The number of fused-ring (bicyclic) bond motifs is 4. The van der Waals surface area contributed by atoms with Crippen LogP contribution in [0.4, 0.5) is 10.5 Å². The number of carboxylic acid groups (broad SMARTS) is 1. The van der Waals surface area contributed by atoms with E-state index in [0.717, 1.165) is 28.6 Å². The largest absolute Gasteiger partial charge is 0.494 e. The van der Waals surface area contributed by atoms with Gasteiger partial charge in [-0.1, -0.05) is 55.7 Å². The number of hydrogen-bond acceptors (Lipinski definition) is 6. The molecule has 2 aromatic carbocycles. The number of halogens is 1. The maximum absolute atomic E-state index is 11.9. The molecule has 3 aliphatic heterocycles. The van der Waals surface area contributed by atoms with Crippen LogP contribution < -0.4 is 0 Å². The Morgan fingerprint density at radius 1 is 1.29 bits per heavy atom. The molecule has 3 aromatic rings. The third-order valence-corrected chi connectivity index (χ3v) is 8.55. The van der Waals surface area contributed by atoms with Crippen LogP contribution in [0, 0.1) is 5.41 Å². The van der Waals surface area contributed by atoms with E-state index < -0.39 is 11.6 Å². The molecule has 0 spiro atoms. The fraction of sp³-hybridized carbons (Fsp3) is 0.393. The molecule has 3 N–H and O–H groups in total. The van der Waals surface area contributed by atoms with Crippen molar-refractivity contribution in [3.8, 4) is 5.88 Å². The first kappa shape index (κ1) is 24.8. The fourth-order valence-electron chi connectivity index (χ4n) is 6.28. The highest BCUT2D eigenvalue weighted by molar-refractivity contribution is 6.58. The lowest BCUT2D eigenvalue weighted by Gasteiger charge is -2.48. The Morgan fingerprint density at radius 3 is 2.84 bits per heavy atom. The topological polar surface area (TPSA) is 114 Å². The number of oxime groups is 1. The monoisotopic (exact) mass is 535 g/mol. The third-order valence-electron chi connectivity index (χ3n) is 8.31. The quantitative estimate of drug-likeness (QED) is 0.305. The Labute approximate surface area is 225 Å². The Bertz CT molecular complexity index is 1510. The molecule has 198 valence electrons. The van der Waals surface area contributed by atoms with Crippen molar-refractivity contribution in [2.24, 2.45) is 15.6 Å². The van der Waals surface area contributed by atoms with Crippen LogP contribution in [-0.4, -0.2) is 80.3 Å². The number of aliphatic imine (C=N–C) groups is 1. The van der Waals surface area contributed by atoms with E-state index >= 15 is 0 Å². The average molecular weight is 536 g/mol. The minimum Gasteiger partial charge on any atom is -0.494 e. The zero-order valence-corrected chi connectivity index (χ0v) is 22.3. The standard InChI is InChI=1S/C28H30ClN5O4/c1-27(2,3)28-13-17(14-34(28)26(36)37)33(15-28)10-11-38-32-23-18-6-4-5-7-20(18)30-24(23)22-19-12-16(29)8-9-21(19)31-25(22)35/h4-9,12,17,31,35H,10-11,13-15H2,1-3H3,(H,36,37)/b32-23+/t17-,28+/m1/s1. The number of carbonyl (C=O) groups is 1. The summed E-state index contributed by atoms with van der Waals surface area (Å²) in [5, 5.41) is 26.4. The summed E-state index contributed by atoms with van der Waals surface area (Å²) in [7, 11) is 0. The second kappa shape index (κ2) is 8.74. The van der Waals surface area contributed by atoms with Crippen LogP contribution in [0.3, 0.4) is 0 Å². The summed E-state index contributed by atoms with van der Waals surface area (Å²) in [6.07, 6.45) is -0.0255. The zero-order valence-electron chi connectivity index (χ0n) is 21.5. The number of aromatic hydroxyl groups is 1. The first-order chi connectivity index (χ1) is 18.1. The van der Waals surface area contributed by atoms with Gasteiger partial charge in [-0.15, -0.1) is 0 Å². The average Bonchev–Trinajstić information content (AvgIpc) is 3.60. The molecule has 0 saturated carbocycles. The van der Waals surface area contributed by atoms with Crippen molar-refractivity contribution in [3.05, 3.63) is 58.6 Å². The number of aromatic nitrogens is 1. The van der Waals surface area contributed by atoms with Crippen molar-refractivity contribution >= 4 is 45.7 Å². The summed E-state index contributed by atoms with van der Waals surface area (Å²) in [6.45, 7) is 8.50. The van der Waals surface area contributed by atoms with Crippen molar-refractivity contribution < 1.29 is 19.8 Å². The van der Waals surface area contributed by atoms with E-state index in [1.165, 1.54) is 0 Å². The van der Waals surface area contributed by atoms with Gasteiger partial charge in [-0.05, 0) is 36.1 Å². The number of rotatable bonds is 5. The summed E-state index contributed by atoms with van der Waals surface area (Å²) in [5.74, 6) is -0.00919. The van der Waals surface area contributed by atoms with Gasteiger partial charge in [0.15, 0.2) is 5.88 Å². The van der Waals surface area contributed by atoms with Crippen molar-refractivity contribution in [1.29, 1.82) is 0 Å². The Balaban J connectivity index is 1.23. The summed E-state index contributed by atoms with van der Waals surface area (Å²) >= 11 is 6.26. The van der Waals surface area contributed by atoms with Gasteiger partial charge in [-0.3, -0.25) is 9.80 Å². The molecular formula is C28H30ClN5O4. The number of piperazine rings is 1. The van der Waals surface area contributed by atoms with E-state index in [4.69, 9.17) is 21.4 Å². The van der Waals surface area contributed by atoms with Gasteiger partial charge in [-0.2, -0.15) is 0 Å². The number of H-pyrrole nitrogens is 1. The van der Waals surface area contributed by atoms with Crippen LogP contribution in [0.1, 0.15) is 38.3 Å². The summed E-state index contributed by atoms with van der Waals surface area (Å²) in [4.78, 5) is 29.5. The minimum absolute atomic E-state index is 0.00919. The highest BCUT2D eigenvalue weighted by Crippen LogP contribution is 2.50. The van der Waals surface area contributed by atoms with Crippen LogP contribution >= 0.6 is 11.6 Å². The highest BCUT2D eigenvalue weighted by atomic mass is 35.5. The predicted octanol–water partition coefficient (Wildman–Crippen LogP) is 5.23. The molecular weight excluding hydrogens is 506 g/mol. The van der Waals surface area contributed by atoms with Gasteiger partial charge in [0.1, 0.15) is 18.0 Å². The number of nitrogens with one attached hydrogen (secondary N) is 1. The SMILES string of the molecule is CC(C)(C)[C@@]12C[C@H](CN1C(=O)O)N(CCO/N=C1/C(c3c(O)[nH]c4ccc(Cl)cc34)=Nc3ccccc31)C2. The number of para-hydroxylation sites is 1. The normalized spacial score (nSPS) is 23.9. The first-order valence-electron chi connectivity index (χ1n) is 12.7. The maximum atomic E-state index is 11.9. The fourth-order valence-corrected chi connectivity index (χ4v) is 6.45. The molecule has 0 unspecified atom stereocenters. The number of aromatic amines is 1. The van der Waals surface area contributed by atoms with Crippen LogP contribution in [0.15, 0.2) is 52.6 Å². The number of nitrogens with zero attached hydrogens (tertiary/aromatic N) is 4. The minimum atomic E-state index is -0.849. The number of hydrogen-bond donors (Lipinski definition) is 3. The molecule has 1 aromatic heterocycles. The van der Waals surface area contributed by atoms with E-state index in [2.05, 4.69) is 35.8 Å². The van der Waals surface area contributed by atoms with Crippen molar-refractivity contribution in [3.63, 3.8) is 0 Å². The smallest absolute Gasteiger partial charge is 0.407 e. The van der Waals surface area contributed by atoms with Crippen molar-refractivity contribution in [2.45, 2.75) is 38.8 Å². The van der Waals surface area contributed by atoms with E-state index in [1.807, 2.05) is 30.3 Å². The van der Waals surface area contributed by atoms with Crippen molar-refractivity contribution in [1.82, 2.24) is 14.8 Å². The Morgan fingerprint density at radius 2 is 2.08 bits per heavy atom. The van der Waals surface area contributed by atoms with Crippen LogP contribution in [0.25, 0.3) is 10.9 Å². The van der Waals surface area contributed by atoms with Gasteiger partial charge in [0.25, 0.3) is 0 Å². The van der Waals surface area contributed by atoms with Crippen LogP contribution in [0.2, 0.25) is 5.02 Å². The maximum Gasteiger partial charge on any atom is 0.407 e. The molecule has 0 aliphatic carbocycles. The molecule has 1 amide bonds. The lowest BCUT2D eigenvalue weighted by Crippen LogP contribution is -2.61. The lowest BCUT2D eigenvalue weighted by atomic mass is 9.73. The van der Waals surface area contributed by atoms with E-state index in [0.29, 0.717) is 48.3 Å². The van der Waals surface area contributed by atoms with Gasteiger partial charge < -0.3 is 20.0 Å². The summed E-state index contributed by atoms with van der Waals surface area (Å²) in [6, 6.07) is 13.2. The molecule has 0 radical (unpaired) electrons. The molecule has 3 aliphatic rings. The molecule has 10 heteroatoms. The second-order valence-corrected chi connectivity index (χ2v) is 11.7. The Hall–Kier alpha value is -3.56. The second-order valence-electron chi connectivity index (χ2n) is 11.3. The predicted molar refractivity (Wildman–Crippen MR) is 147 cm³/mol. The van der Waals surface area contributed by atoms with E-state index in [1.54, 1.807) is 17.0 Å². The van der Waals surface area contributed by atoms with Gasteiger partial charge >= 0.3 is 6.09 Å². The van der Waals surface area contributed by atoms with E-state index in [9.17, 15) is 15.0 Å². The highest BCUT2D eigenvalue weighted by Gasteiger charge is 2.61. The zero-order chi connectivity index (χ0) is 26.8. The third kappa shape index (κ3) is 3.75. The molecule has 38 heavy (non-hydrogen) atoms.